The molecule has 3 aromatic carbocycles. The van der Waals surface area contributed by atoms with Gasteiger partial charge < -0.3 is 0 Å². The van der Waals surface area contributed by atoms with Gasteiger partial charge >= 0.3 is 0 Å². The molecule has 1 aliphatic carbocycles. The van der Waals surface area contributed by atoms with Crippen LogP contribution in [-0.4, -0.2) is 11.9 Å². The molecular formula is C20H14N2. The highest BCUT2D eigenvalue weighted by atomic mass is 15.2. The third-order valence-electron chi connectivity index (χ3n) is 3.82. The summed E-state index contributed by atoms with van der Waals surface area (Å²) in [6.45, 7) is 0. The normalized spacial score (nSPS) is 12.3. The Morgan fingerprint density at radius 2 is 1.05 bits per heavy atom. The van der Waals surface area contributed by atoms with Crippen molar-refractivity contribution in [3.63, 3.8) is 0 Å². The van der Waals surface area contributed by atoms with E-state index < -0.39 is 0 Å². The van der Waals surface area contributed by atoms with E-state index in [0.29, 0.717) is 0 Å². The first-order valence-corrected chi connectivity index (χ1v) is 7.29. The van der Waals surface area contributed by atoms with Crippen molar-refractivity contribution in [1.82, 2.24) is 0 Å². The molecule has 104 valence electrons. The summed E-state index contributed by atoms with van der Waals surface area (Å²) in [7, 11) is 0. The number of hydrogen-bond donors (Lipinski definition) is 0. The molecule has 0 aromatic heterocycles. The predicted octanol–water partition coefficient (Wildman–Crippen LogP) is 4.54. The van der Waals surface area contributed by atoms with Gasteiger partial charge in [0.25, 0.3) is 0 Å². The van der Waals surface area contributed by atoms with E-state index >= 15 is 0 Å². The zero-order chi connectivity index (χ0) is 14.8. The van der Waals surface area contributed by atoms with Gasteiger partial charge in [-0.25, -0.2) is 0 Å². The lowest BCUT2D eigenvalue weighted by atomic mass is 10.1. The second-order valence-electron chi connectivity index (χ2n) is 5.20. The van der Waals surface area contributed by atoms with E-state index in [4.69, 9.17) is 0 Å². The van der Waals surface area contributed by atoms with Gasteiger partial charge in [0.15, 0.2) is 0 Å². The second kappa shape index (κ2) is 5.41. The largest absolute Gasteiger partial charge is 0.158 e. The minimum Gasteiger partial charge on any atom is -0.158 e. The fraction of sp³-hybridized carbons (Fsp3) is 0. The molecular weight excluding hydrogens is 268 g/mol. The molecule has 0 saturated heterocycles. The predicted molar refractivity (Wildman–Crippen MR) is 91.6 cm³/mol. The fourth-order valence-corrected chi connectivity index (χ4v) is 2.79. The maximum Gasteiger partial charge on any atom is 0.101 e. The molecule has 0 saturated carbocycles. The van der Waals surface area contributed by atoms with Crippen LogP contribution in [0.25, 0.3) is 11.1 Å². The molecule has 0 atom stereocenters. The summed E-state index contributed by atoms with van der Waals surface area (Å²) < 4.78 is 0. The van der Waals surface area contributed by atoms with Crippen molar-refractivity contribution >= 4 is 11.9 Å². The van der Waals surface area contributed by atoms with Gasteiger partial charge in [0, 0.05) is 11.1 Å². The summed E-state index contributed by atoms with van der Waals surface area (Å²) in [4.78, 5) is 0. The van der Waals surface area contributed by atoms with Crippen molar-refractivity contribution in [2.24, 2.45) is 10.2 Å². The highest BCUT2D eigenvalue weighted by molar-refractivity contribution is 6.24. The van der Waals surface area contributed by atoms with Crippen LogP contribution in [0.4, 0.5) is 0 Å². The molecule has 0 spiro atoms. The maximum absolute atomic E-state index is 4.49. The summed E-state index contributed by atoms with van der Waals surface area (Å²) in [5.41, 5.74) is 6.74. The van der Waals surface area contributed by atoms with E-state index in [1.165, 1.54) is 11.1 Å². The summed E-state index contributed by atoms with van der Waals surface area (Å²) in [5, 5.41) is 8.77. The van der Waals surface area contributed by atoms with Crippen LogP contribution in [0.2, 0.25) is 0 Å². The number of rotatable bonds is 2. The molecule has 0 N–H and O–H groups in total. The van der Waals surface area contributed by atoms with Gasteiger partial charge in [-0.05, 0) is 16.7 Å². The van der Waals surface area contributed by atoms with Gasteiger partial charge in [-0.3, -0.25) is 0 Å². The Bertz CT molecular complexity index is 829. The van der Waals surface area contributed by atoms with Crippen LogP contribution in [0.3, 0.4) is 0 Å². The average Bonchev–Trinajstić information content (AvgIpc) is 2.91. The summed E-state index contributed by atoms with van der Waals surface area (Å²) in [6, 6.07) is 26.7. The molecule has 3 aromatic rings. The van der Waals surface area contributed by atoms with Gasteiger partial charge in [-0.15, -0.1) is 5.10 Å². The van der Waals surface area contributed by atoms with E-state index in [1.807, 2.05) is 42.5 Å². The topological polar surface area (TPSA) is 24.7 Å². The van der Waals surface area contributed by atoms with E-state index in [-0.39, 0.29) is 0 Å². The molecule has 2 heteroatoms. The molecule has 0 fully saturated rings. The van der Waals surface area contributed by atoms with Gasteiger partial charge in [-0.2, -0.15) is 5.10 Å². The Morgan fingerprint density at radius 3 is 1.64 bits per heavy atom. The minimum absolute atomic E-state index is 0.943. The standard InChI is InChI=1S/C20H14N2/c1-2-8-15(9-3-1)14-21-22-20-18-12-6-4-10-16(18)17-11-5-7-13-19(17)20/h1-14H. The molecule has 0 amide bonds. The van der Waals surface area contributed by atoms with Crippen molar-refractivity contribution < 1.29 is 0 Å². The van der Waals surface area contributed by atoms with Crippen molar-refractivity contribution in [1.29, 1.82) is 0 Å². The quantitative estimate of drug-likeness (QED) is 0.381. The van der Waals surface area contributed by atoms with Crippen molar-refractivity contribution in [3.05, 3.63) is 95.6 Å². The van der Waals surface area contributed by atoms with Crippen LogP contribution in [0, 0.1) is 0 Å². The molecule has 4 rings (SSSR count). The average molecular weight is 282 g/mol. The lowest BCUT2D eigenvalue weighted by Crippen LogP contribution is -1.97. The zero-order valence-electron chi connectivity index (χ0n) is 12.0. The molecule has 0 bridgehead atoms. The van der Waals surface area contributed by atoms with Gasteiger partial charge in [0.2, 0.25) is 0 Å². The number of benzene rings is 3. The van der Waals surface area contributed by atoms with Gasteiger partial charge in [0.1, 0.15) is 5.71 Å². The number of hydrogen-bond acceptors (Lipinski definition) is 2. The Morgan fingerprint density at radius 1 is 0.545 bits per heavy atom. The Labute approximate surface area is 129 Å². The molecule has 0 unspecified atom stereocenters. The zero-order valence-corrected chi connectivity index (χ0v) is 12.0. The van der Waals surface area contributed by atoms with E-state index in [1.54, 1.807) is 6.21 Å². The van der Waals surface area contributed by atoms with Gasteiger partial charge in [0.05, 0.1) is 6.21 Å². The van der Waals surface area contributed by atoms with Gasteiger partial charge in [-0.1, -0.05) is 78.9 Å². The smallest absolute Gasteiger partial charge is 0.101 e. The van der Waals surface area contributed by atoms with Crippen LogP contribution in [0.15, 0.2) is 89.1 Å². The molecule has 2 nitrogen and oxygen atoms in total. The number of nitrogens with zero attached hydrogens (tertiary/aromatic N) is 2. The molecule has 22 heavy (non-hydrogen) atoms. The first-order chi connectivity index (χ1) is 10.9. The minimum atomic E-state index is 0.943. The van der Waals surface area contributed by atoms with Crippen LogP contribution in [-0.2, 0) is 0 Å². The molecule has 1 aliphatic rings. The molecule has 0 aliphatic heterocycles. The van der Waals surface area contributed by atoms with E-state index in [0.717, 1.165) is 22.4 Å². The Kier molecular flexibility index (Phi) is 3.13. The monoisotopic (exact) mass is 282 g/mol. The second-order valence-corrected chi connectivity index (χ2v) is 5.20. The first kappa shape index (κ1) is 12.7. The van der Waals surface area contributed by atoms with Crippen LogP contribution >= 0.6 is 0 Å². The maximum atomic E-state index is 4.49. The summed E-state index contributed by atoms with van der Waals surface area (Å²) in [6.07, 6.45) is 1.79. The Balaban J connectivity index is 1.78. The van der Waals surface area contributed by atoms with Crippen molar-refractivity contribution in [2.45, 2.75) is 0 Å². The van der Waals surface area contributed by atoms with Crippen LogP contribution < -0.4 is 0 Å². The SMILES string of the molecule is C(=NN=C1c2ccccc2-c2ccccc21)c1ccccc1. The lowest BCUT2D eigenvalue weighted by Gasteiger charge is -1.98. The van der Waals surface area contributed by atoms with E-state index in [2.05, 4.69) is 46.6 Å². The van der Waals surface area contributed by atoms with E-state index in [9.17, 15) is 0 Å². The lowest BCUT2D eigenvalue weighted by molar-refractivity contribution is 1.25. The highest BCUT2D eigenvalue weighted by Gasteiger charge is 2.23. The number of fused-ring (bicyclic) bond motifs is 3. The van der Waals surface area contributed by atoms with Crippen molar-refractivity contribution in [2.75, 3.05) is 0 Å². The molecule has 0 radical (unpaired) electrons. The summed E-state index contributed by atoms with van der Waals surface area (Å²) >= 11 is 0. The van der Waals surface area contributed by atoms with Crippen molar-refractivity contribution in [3.8, 4) is 11.1 Å². The molecule has 0 heterocycles. The summed E-state index contributed by atoms with van der Waals surface area (Å²) in [5.74, 6) is 0. The third-order valence-corrected chi connectivity index (χ3v) is 3.82. The Hall–Kier alpha value is -3.00. The fourth-order valence-electron chi connectivity index (χ4n) is 2.79. The van der Waals surface area contributed by atoms with Crippen LogP contribution in [0.5, 0.6) is 0 Å². The third kappa shape index (κ3) is 2.15. The first-order valence-electron chi connectivity index (χ1n) is 7.29. The van der Waals surface area contributed by atoms with Crippen LogP contribution in [0.1, 0.15) is 16.7 Å². The highest BCUT2D eigenvalue weighted by Crippen LogP contribution is 2.36.